The van der Waals surface area contributed by atoms with E-state index in [0.717, 1.165) is 0 Å². The predicted molar refractivity (Wildman–Crippen MR) is 78.9 cm³/mol. The van der Waals surface area contributed by atoms with Crippen LogP contribution in [-0.2, 0) is 4.79 Å². The first-order chi connectivity index (χ1) is 10.7. The smallest absolute Gasteiger partial charge is 0.270 e. The lowest BCUT2D eigenvalue weighted by Crippen LogP contribution is -2.42. The number of carbonyl (C=O) groups excluding carboxylic acids is 2. The number of hydrogen-bond acceptors (Lipinski definition) is 3. The van der Waals surface area contributed by atoms with E-state index >= 15 is 0 Å². The zero-order chi connectivity index (χ0) is 15.5. The summed E-state index contributed by atoms with van der Waals surface area (Å²) in [6.45, 7) is 0.368. The normalized spacial score (nSPS) is 17.6. The van der Waals surface area contributed by atoms with Crippen LogP contribution in [0.5, 0.6) is 0 Å². The third-order valence-electron chi connectivity index (χ3n) is 3.55. The highest BCUT2D eigenvalue weighted by molar-refractivity contribution is 6.03. The van der Waals surface area contributed by atoms with Crippen molar-refractivity contribution in [2.24, 2.45) is 0 Å². The topological polar surface area (TPSA) is 62.3 Å². The van der Waals surface area contributed by atoms with Gasteiger partial charge in [-0.05, 0) is 30.7 Å². The zero-order valence-electron chi connectivity index (χ0n) is 11.7. The maximum Gasteiger partial charge on any atom is 0.270 e. The molecule has 112 valence electrons. The van der Waals surface area contributed by atoms with Crippen molar-refractivity contribution in [3.8, 4) is 0 Å². The number of nitrogens with one attached hydrogen (secondary N) is 1. The number of nitrogens with zero attached hydrogens (tertiary/aromatic N) is 2. The van der Waals surface area contributed by atoms with Crippen LogP contribution in [0.1, 0.15) is 16.9 Å². The predicted octanol–water partition coefficient (Wildman–Crippen LogP) is 1.76. The van der Waals surface area contributed by atoms with Crippen molar-refractivity contribution in [2.45, 2.75) is 12.5 Å². The Balaban J connectivity index is 1.72. The SMILES string of the molecule is O=C(N[C@@H]1CCN(c2ccccc2F)C1=O)c1ccccn1. The van der Waals surface area contributed by atoms with Crippen molar-refractivity contribution in [3.63, 3.8) is 0 Å². The van der Waals surface area contributed by atoms with Crippen molar-refractivity contribution in [2.75, 3.05) is 11.4 Å². The molecule has 0 bridgehead atoms. The summed E-state index contributed by atoms with van der Waals surface area (Å²) in [7, 11) is 0. The molecule has 22 heavy (non-hydrogen) atoms. The van der Waals surface area contributed by atoms with Gasteiger partial charge in [-0.1, -0.05) is 18.2 Å². The molecule has 0 radical (unpaired) electrons. The van der Waals surface area contributed by atoms with Gasteiger partial charge in [0.25, 0.3) is 5.91 Å². The van der Waals surface area contributed by atoms with Crippen molar-refractivity contribution in [1.29, 1.82) is 0 Å². The molecule has 0 spiro atoms. The largest absolute Gasteiger partial charge is 0.339 e. The molecule has 2 amide bonds. The van der Waals surface area contributed by atoms with Gasteiger partial charge in [0.1, 0.15) is 17.6 Å². The second kappa shape index (κ2) is 5.93. The summed E-state index contributed by atoms with van der Waals surface area (Å²) in [5.41, 5.74) is 0.488. The number of anilines is 1. The number of amides is 2. The minimum Gasteiger partial charge on any atom is -0.339 e. The Hall–Kier alpha value is -2.76. The van der Waals surface area contributed by atoms with E-state index in [9.17, 15) is 14.0 Å². The van der Waals surface area contributed by atoms with Crippen LogP contribution in [0.4, 0.5) is 10.1 Å². The summed E-state index contributed by atoms with van der Waals surface area (Å²) in [5.74, 6) is -1.17. The first-order valence-electron chi connectivity index (χ1n) is 6.94. The fraction of sp³-hybridized carbons (Fsp3) is 0.188. The van der Waals surface area contributed by atoms with E-state index in [1.54, 1.807) is 36.4 Å². The second-order valence-corrected chi connectivity index (χ2v) is 4.97. The van der Waals surface area contributed by atoms with Crippen LogP contribution in [0.25, 0.3) is 0 Å². The molecule has 0 aliphatic carbocycles. The summed E-state index contributed by atoms with van der Waals surface area (Å²) in [4.78, 5) is 29.7. The van der Waals surface area contributed by atoms with Crippen LogP contribution in [0.2, 0.25) is 0 Å². The molecule has 2 heterocycles. The van der Waals surface area contributed by atoms with E-state index in [-0.39, 0.29) is 17.3 Å². The lowest BCUT2D eigenvalue weighted by atomic mass is 10.2. The number of benzene rings is 1. The lowest BCUT2D eigenvalue weighted by Gasteiger charge is -2.17. The molecule has 2 aromatic rings. The summed E-state index contributed by atoms with van der Waals surface area (Å²) in [5, 5.41) is 2.65. The van der Waals surface area contributed by atoms with Gasteiger partial charge in [0, 0.05) is 12.7 Å². The van der Waals surface area contributed by atoms with Gasteiger partial charge >= 0.3 is 0 Å². The van der Waals surface area contributed by atoms with Gasteiger partial charge in [-0.3, -0.25) is 14.6 Å². The molecule has 1 aromatic carbocycles. The fourth-order valence-corrected chi connectivity index (χ4v) is 2.45. The number of carbonyl (C=O) groups is 2. The van der Waals surface area contributed by atoms with Crippen LogP contribution in [-0.4, -0.2) is 29.4 Å². The Kier molecular flexibility index (Phi) is 3.82. The van der Waals surface area contributed by atoms with Gasteiger partial charge in [-0.15, -0.1) is 0 Å². The standard InChI is InChI=1S/C16H14FN3O2/c17-11-5-1-2-7-14(11)20-10-8-13(16(20)22)19-15(21)12-6-3-4-9-18-12/h1-7,9,13H,8,10H2,(H,19,21)/t13-/m1/s1. The number of para-hydroxylation sites is 1. The molecule has 1 aliphatic rings. The Bertz CT molecular complexity index is 706. The summed E-state index contributed by atoms with van der Waals surface area (Å²) < 4.78 is 13.8. The highest BCUT2D eigenvalue weighted by Crippen LogP contribution is 2.24. The van der Waals surface area contributed by atoms with E-state index in [2.05, 4.69) is 10.3 Å². The Morgan fingerprint density at radius 3 is 2.73 bits per heavy atom. The molecule has 1 saturated heterocycles. The molecule has 3 rings (SSSR count). The lowest BCUT2D eigenvalue weighted by molar-refractivity contribution is -0.118. The molecule has 1 aromatic heterocycles. The molecule has 1 atom stereocenters. The van der Waals surface area contributed by atoms with Crippen molar-refractivity contribution < 1.29 is 14.0 Å². The maximum atomic E-state index is 13.8. The van der Waals surface area contributed by atoms with Crippen molar-refractivity contribution in [1.82, 2.24) is 10.3 Å². The number of rotatable bonds is 3. The highest BCUT2D eigenvalue weighted by atomic mass is 19.1. The number of halogens is 1. The highest BCUT2D eigenvalue weighted by Gasteiger charge is 2.34. The molecular formula is C16H14FN3O2. The van der Waals surface area contributed by atoms with Crippen LogP contribution < -0.4 is 10.2 Å². The van der Waals surface area contributed by atoms with Crippen molar-refractivity contribution in [3.05, 3.63) is 60.2 Å². The number of hydrogen-bond donors (Lipinski definition) is 1. The average Bonchev–Trinajstić information content (AvgIpc) is 2.90. The first kappa shape index (κ1) is 14.2. The van der Waals surface area contributed by atoms with Gasteiger partial charge < -0.3 is 10.2 Å². The van der Waals surface area contributed by atoms with Crippen LogP contribution in [0, 0.1) is 5.82 Å². The third kappa shape index (κ3) is 2.67. The molecule has 5 nitrogen and oxygen atoms in total. The summed E-state index contributed by atoms with van der Waals surface area (Å²) >= 11 is 0. The quantitative estimate of drug-likeness (QED) is 0.939. The first-order valence-corrected chi connectivity index (χ1v) is 6.94. The molecule has 6 heteroatoms. The minimum atomic E-state index is -0.658. The molecular weight excluding hydrogens is 285 g/mol. The molecule has 1 N–H and O–H groups in total. The van der Waals surface area contributed by atoms with E-state index < -0.39 is 17.8 Å². The van der Waals surface area contributed by atoms with E-state index in [4.69, 9.17) is 0 Å². The van der Waals surface area contributed by atoms with E-state index in [1.807, 2.05) is 0 Å². The van der Waals surface area contributed by atoms with Crippen LogP contribution in [0.15, 0.2) is 48.7 Å². The molecule has 1 fully saturated rings. The van der Waals surface area contributed by atoms with Crippen molar-refractivity contribution >= 4 is 17.5 Å². The maximum absolute atomic E-state index is 13.8. The van der Waals surface area contributed by atoms with Crippen LogP contribution >= 0.6 is 0 Å². The van der Waals surface area contributed by atoms with Gasteiger partial charge in [-0.25, -0.2) is 4.39 Å². The van der Waals surface area contributed by atoms with Crippen LogP contribution in [0.3, 0.4) is 0 Å². The Morgan fingerprint density at radius 2 is 2.00 bits per heavy atom. The molecule has 0 saturated carbocycles. The van der Waals surface area contributed by atoms with Gasteiger partial charge in [-0.2, -0.15) is 0 Å². The zero-order valence-corrected chi connectivity index (χ0v) is 11.7. The average molecular weight is 299 g/mol. The molecule has 1 aliphatic heterocycles. The second-order valence-electron chi connectivity index (χ2n) is 4.97. The van der Waals surface area contributed by atoms with Gasteiger partial charge in [0.2, 0.25) is 5.91 Å². The third-order valence-corrected chi connectivity index (χ3v) is 3.55. The number of aromatic nitrogens is 1. The summed E-state index contributed by atoms with van der Waals surface area (Å²) in [6.07, 6.45) is 1.95. The van der Waals surface area contributed by atoms with E-state index in [0.29, 0.717) is 13.0 Å². The Labute approximate surface area is 126 Å². The van der Waals surface area contributed by atoms with Gasteiger partial charge in [0.15, 0.2) is 0 Å². The summed E-state index contributed by atoms with van der Waals surface area (Å²) in [6, 6.07) is 10.4. The minimum absolute atomic E-state index is 0.238. The molecule has 0 unspecified atom stereocenters. The van der Waals surface area contributed by atoms with Gasteiger partial charge in [0.05, 0.1) is 5.69 Å². The number of pyridine rings is 1. The monoisotopic (exact) mass is 299 g/mol. The Morgan fingerprint density at radius 1 is 1.23 bits per heavy atom. The fourth-order valence-electron chi connectivity index (χ4n) is 2.45. The van der Waals surface area contributed by atoms with E-state index in [1.165, 1.54) is 17.2 Å².